The van der Waals surface area contributed by atoms with Gasteiger partial charge in [0.1, 0.15) is 11.7 Å². The van der Waals surface area contributed by atoms with Gasteiger partial charge in [-0.3, -0.25) is 4.68 Å². The lowest BCUT2D eigenvalue weighted by Crippen LogP contribution is -2.43. The van der Waals surface area contributed by atoms with Gasteiger partial charge in [-0.15, -0.1) is 0 Å². The monoisotopic (exact) mass is 421 g/mol. The van der Waals surface area contributed by atoms with Gasteiger partial charge in [0, 0.05) is 38.1 Å². The lowest BCUT2D eigenvalue weighted by molar-refractivity contribution is 0.122. The van der Waals surface area contributed by atoms with Crippen molar-refractivity contribution in [2.75, 3.05) is 38.6 Å². The van der Waals surface area contributed by atoms with E-state index in [9.17, 15) is 8.78 Å². The van der Waals surface area contributed by atoms with Gasteiger partial charge >= 0.3 is 0 Å². The summed E-state index contributed by atoms with van der Waals surface area (Å²) in [5.41, 5.74) is 2.61. The Labute approximate surface area is 175 Å². The van der Waals surface area contributed by atoms with Crippen LogP contribution in [0.25, 0.3) is 0 Å². The van der Waals surface area contributed by atoms with Crippen molar-refractivity contribution in [3.05, 3.63) is 40.9 Å². The van der Waals surface area contributed by atoms with Crippen LogP contribution in [0.5, 0.6) is 0 Å². The number of nitrogens with zero attached hydrogens (tertiary/aromatic N) is 5. The van der Waals surface area contributed by atoms with Gasteiger partial charge in [-0.05, 0) is 32.4 Å². The van der Waals surface area contributed by atoms with Gasteiger partial charge in [0.2, 0.25) is 0 Å². The highest BCUT2D eigenvalue weighted by atomic mass is 35.5. The fraction of sp³-hybridized carbons (Fsp3) is 0.524. The van der Waals surface area contributed by atoms with Gasteiger partial charge < -0.3 is 9.80 Å². The summed E-state index contributed by atoms with van der Waals surface area (Å²) in [5, 5.41) is 4.35. The minimum absolute atomic E-state index is 0.294. The van der Waals surface area contributed by atoms with E-state index in [1.165, 1.54) is 17.1 Å². The van der Waals surface area contributed by atoms with Crippen LogP contribution in [0.4, 0.5) is 14.5 Å². The second kappa shape index (κ2) is 9.10. The number of piperidine rings is 1. The predicted octanol–water partition coefficient (Wildman–Crippen LogP) is 3.76. The third-order valence-electron chi connectivity index (χ3n) is 5.16. The highest BCUT2D eigenvalue weighted by Crippen LogP contribution is 2.35. The summed E-state index contributed by atoms with van der Waals surface area (Å²) >= 11 is 6.15. The van der Waals surface area contributed by atoms with Crippen LogP contribution in [0.3, 0.4) is 0 Å². The molecule has 0 saturated carbocycles. The zero-order valence-corrected chi connectivity index (χ0v) is 17.8. The Hall–Kier alpha value is -2.17. The molecule has 0 aromatic carbocycles. The standard InChI is InChI=1S/C21H26ClF2N5/c1-21(15-27(2)3)6-8-28(9-7-21)18-10-19(22)25-12-17(18)5-4-16-11-26-29(13-16)14-20(23)24/h10-13,20H,6-9,14-15H2,1-3H3. The summed E-state index contributed by atoms with van der Waals surface area (Å²) in [5.74, 6) is 6.11. The molecular weight excluding hydrogens is 396 g/mol. The van der Waals surface area contributed by atoms with Gasteiger partial charge in [0.05, 0.1) is 23.0 Å². The van der Waals surface area contributed by atoms with E-state index in [0.29, 0.717) is 16.1 Å². The molecule has 0 amide bonds. The van der Waals surface area contributed by atoms with Crippen LogP contribution in [-0.2, 0) is 6.54 Å². The highest BCUT2D eigenvalue weighted by molar-refractivity contribution is 6.29. The Balaban J connectivity index is 1.77. The van der Waals surface area contributed by atoms with Crippen molar-refractivity contribution in [3.8, 4) is 11.8 Å². The van der Waals surface area contributed by atoms with Gasteiger partial charge in [0.15, 0.2) is 0 Å². The fourth-order valence-electron chi connectivity index (χ4n) is 3.80. The second-order valence-electron chi connectivity index (χ2n) is 8.15. The summed E-state index contributed by atoms with van der Waals surface area (Å²) < 4.78 is 26.2. The molecule has 0 aliphatic carbocycles. The number of alkyl halides is 2. The first-order valence-corrected chi connectivity index (χ1v) is 10.00. The van der Waals surface area contributed by atoms with E-state index in [1.807, 2.05) is 6.07 Å². The van der Waals surface area contributed by atoms with Crippen molar-refractivity contribution < 1.29 is 8.78 Å². The zero-order valence-electron chi connectivity index (χ0n) is 17.0. The van der Waals surface area contributed by atoms with E-state index in [-0.39, 0.29) is 0 Å². The molecule has 29 heavy (non-hydrogen) atoms. The second-order valence-corrected chi connectivity index (χ2v) is 8.54. The molecule has 0 radical (unpaired) electrons. The fourth-order valence-corrected chi connectivity index (χ4v) is 3.95. The van der Waals surface area contributed by atoms with Crippen molar-refractivity contribution in [1.82, 2.24) is 19.7 Å². The molecule has 0 atom stereocenters. The van der Waals surface area contributed by atoms with E-state index < -0.39 is 13.0 Å². The SMILES string of the molecule is CN(C)CC1(C)CCN(c2cc(Cl)ncc2C#Cc2cnn(CC(F)F)c2)CC1. The first-order valence-electron chi connectivity index (χ1n) is 9.62. The molecule has 0 bridgehead atoms. The van der Waals surface area contributed by atoms with Crippen molar-refractivity contribution in [2.24, 2.45) is 5.41 Å². The van der Waals surface area contributed by atoms with Crippen molar-refractivity contribution in [3.63, 3.8) is 0 Å². The summed E-state index contributed by atoms with van der Waals surface area (Å²) in [4.78, 5) is 8.71. The average Bonchev–Trinajstić information content (AvgIpc) is 3.07. The summed E-state index contributed by atoms with van der Waals surface area (Å²) in [6.45, 7) is 4.81. The number of halogens is 3. The number of anilines is 1. The zero-order chi connectivity index (χ0) is 21.0. The van der Waals surface area contributed by atoms with Crippen molar-refractivity contribution >= 4 is 17.3 Å². The topological polar surface area (TPSA) is 37.2 Å². The van der Waals surface area contributed by atoms with Crippen LogP contribution >= 0.6 is 11.6 Å². The lowest BCUT2D eigenvalue weighted by atomic mass is 9.80. The summed E-state index contributed by atoms with van der Waals surface area (Å²) in [6, 6.07) is 1.85. The molecule has 5 nitrogen and oxygen atoms in total. The first-order chi connectivity index (χ1) is 13.7. The molecule has 156 valence electrons. The van der Waals surface area contributed by atoms with Crippen LogP contribution in [0, 0.1) is 17.3 Å². The Kier molecular flexibility index (Phi) is 6.76. The van der Waals surface area contributed by atoms with E-state index in [0.717, 1.165) is 43.7 Å². The smallest absolute Gasteiger partial charge is 0.257 e. The van der Waals surface area contributed by atoms with Gasteiger partial charge in [-0.25, -0.2) is 13.8 Å². The largest absolute Gasteiger partial charge is 0.370 e. The lowest BCUT2D eigenvalue weighted by Gasteiger charge is -2.42. The maximum atomic E-state index is 12.5. The van der Waals surface area contributed by atoms with Crippen LogP contribution in [0.15, 0.2) is 24.7 Å². The predicted molar refractivity (Wildman–Crippen MR) is 112 cm³/mol. The molecule has 1 aliphatic rings. The molecule has 1 saturated heterocycles. The first kappa shape index (κ1) is 21.5. The van der Waals surface area contributed by atoms with Crippen LogP contribution in [0.1, 0.15) is 30.9 Å². The molecule has 1 aliphatic heterocycles. The Morgan fingerprint density at radius 2 is 1.97 bits per heavy atom. The van der Waals surface area contributed by atoms with Gasteiger partial charge in [-0.2, -0.15) is 5.10 Å². The van der Waals surface area contributed by atoms with E-state index in [1.54, 1.807) is 6.20 Å². The normalized spacial score (nSPS) is 16.2. The Morgan fingerprint density at radius 1 is 1.24 bits per heavy atom. The Bertz CT molecular complexity index is 892. The number of pyridine rings is 1. The number of hydrogen-bond donors (Lipinski definition) is 0. The summed E-state index contributed by atoms with van der Waals surface area (Å²) in [6.07, 6.45) is 4.40. The quantitative estimate of drug-likeness (QED) is 0.544. The molecule has 1 fully saturated rings. The minimum Gasteiger partial charge on any atom is -0.370 e. The third kappa shape index (κ3) is 5.91. The molecule has 3 rings (SSSR count). The number of aromatic nitrogens is 3. The molecule has 0 unspecified atom stereocenters. The van der Waals surface area contributed by atoms with E-state index in [2.05, 4.69) is 52.7 Å². The van der Waals surface area contributed by atoms with Crippen LogP contribution in [-0.4, -0.2) is 59.8 Å². The highest BCUT2D eigenvalue weighted by Gasteiger charge is 2.31. The van der Waals surface area contributed by atoms with Crippen LogP contribution in [0.2, 0.25) is 5.15 Å². The van der Waals surface area contributed by atoms with Gasteiger partial charge in [-0.1, -0.05) is 30.4 Å². The molecule has 0 spiro atoms. The Morgan fingerprint density at radius 3 is 2.62 bits per heavy atom. The molecule has 2 aromatic heterocycles. The number of rotatable bonds is 5. The maximum Gasteiger partial charge on any atom is 0.257 e. The average molecular weight is 422 g/mol. The van der Waals surface area contributed by atoms with Gasteiger partial charge in [0.25, 0.3) is 6.43 Å². The van der Waals surface area contributed by atoms with Crippen molar-refractivity contribution in [2.45, 2.75) is 32.7 Å². The van der Waals surface area contributed by atoms with Crippen LogP contribution < -0.4 is 4.90 Å². The van der Waals surface area contributed by atoms with Crippen molar-refractivity contribution in [1.29, 1.82) is 0 Å². The van der Waals surface area contributed by atoms with E-state index >= 15 is 0 Å². The minimum atomic E-state index is -2.44. The summed E-state index contributed by atoms with van der Waals surface area (Å²) in [7, 11) is 4.22. The third-order valence-corrected chi connectivity index (χ3v) is 5.36. The molecule has 3 heterocycles. The number of hydrogen-bond acceptors (Lipinski definition) is 4. The molecule has 0 N–H and O–H groups in total. The maximum absolute atomic E-state index is 12.5. The van der Waals surface area contributed by atoms with E-state index in [4.69, 9.17) is 11.6 Å². The molecule has 8 heteroatoms. The molecule has 2 aromatic rings. The molecular formula is C21H26ClF2N5.